The van der Waals surface area contributed by atoms with Gasteiger partial charge in [-0.3, -0.25) is 4.68 Å². The van der Waals surface area contributed by atoms with Crippen molar-refractivity contribution in [2.45, 2.75) is 33.4 Å². The lowest BCUT2D eigenvalue weighted by molar-refractivity contribution is 0.0709. The Bertz CT molecular complexity index is 230. The lowest BCUT2D eigenvalue weighted by atomic mass is 10.5. The van der Waals surface area contributed by atoms with E-state index in [1.54, 1.807) is 0 Å². The topological polar surface area (TPSA) is 27.1 Å². The first-order valence-corrected chi connectivity index (χ1v) is 4.30. The number of nitrogens with zero attached hydrogens (tertiary/aromatic N) is 2. The van der Waals surface area contributed by atoms with Gasteiger partial charge in [0.25, 0.3) is 0 Å². The van der Waals surface area contributed by atoms with Crippen LogP contribution in [0.25, 0.3) is 0 Å². The van der Waals surface area contributed by atoms with Gasteiger partial charge in [0.1, 0.15) is 0 Å². The molecule has 0 N–H and O–H groups in total. The summed E-state index contributed by atoms with van der Waals surface area (Å²) >= 11 is 0. The molecule has 0 aromatic carbocycles. The molecule has 12 heavy (non-hydrogen) atoms. The molecule has 1 aromatic rings. The largest absolute Gasteiger partial charge is 0.377 e. The standard InChI is InChI=1S/C9H16N2O/c1-8(2)12-7-6-11-5-4-9(3)10-11/h4-5,8H,6-7H2,1-3H3. The molecule has 0 atom stereocenters. The summed E-state index contributed by atoms with van der Waals surface area (Å²) in [6.07, 6.45) is 2.28. The lowest BCUT2D eigenvalue weighted by Crippen LogP contribution is -2.10. The highest BCUT2D eigenvalue weighted by molar-refractivity contribution is 4.94. The number of rotatable bonds is 4. The van der Waals surface area contributed by atoms with E-state index in [-0.39, 0.29) is 0 Å². The highest BCUT2D eigenvalue weighted by Crippen LogP contribution is 1.94. The Labute approximate surface area is 73.3 Å². The summed E-state index contributed by atoms with van der Waals surface area (Å²) in [6.45, 7) is 7.63. The van der Waals surface area contributed by atoms with Crippen LogP contribution in [0.15, 0.2) is 12.3 Å². The second kappa shape index (κ2) is 4.26. The first kappa shape index (κ1) is 9.26. The molecule has 0 saturated heterocycles. The Kier molecular flexibility index (Phi) is 3.29. The number of hydrogen-bond acceptors (Lipinski definition) is 2. The monoisotopic (exact) mass is 168 g/mol. The van der Waals surface area contributed by atoms with Crippen LogP contribution in [0.5, 0.6) is 0 Å². The first-order chi connectivity index (χ1) is 5.68. The summed E-state index contributed by atoms with van der Waals surface area (Å²) in [4.78, 5) is 0. The van der Waals surface area contributed by atoms with E-state index in [1.807, 2.05) is 37.7 Å². The maximum atomic E-state index is 5.39. The normalized spacial score (nSPS) is 11.0. The molecule has 0 unspecified atom stereocenters. The summed E-state index contributed by atoms with van der Waals surface area (Å²) < 4.78 is 7.29. The zero-order valence-corrected chi connectivity index (χ0v) is 7.95. The SMILES string of the molecule is Cc1ccn(CCOC(C)C)n1. The van der Waals surface area contributed by atoms with Crippen molar-refractivity contribution < 1.29 is 4.74 Å². The van der Waals surface area contributed by atoms with Crippen molar-refractivity contribution in [1.29, 1.82) is 0 Å². The number of aryl methyl sites for hydroxylation is 1. The molecule has 0 aliphatic carbocycles. The third-order valence-electron chi connectivity index (χ3n) is 1.55. The second-order valence-electron chi connectivity index (χ2n) is 3.14. The molecule has 0 aliphatic heterocycles. The first-order valence-electron chi connectivity index (χ1n) is 4.30. The third-order valence-corrected chi connectivity index (χ3v) is 1.55. The van der Waals surface area contributed by atoms with E-state index in [9.17, 15) is 0 Å². The number of aromatic nitrogens is 2. The maximum absolute atomic E-state index is 5.39. The van der Waals surface area contributed by atoms with Crippen LogP contribution in [0, 0.1) is 6.92 Å². The van der Waals surface area contributed by atoms with Gasteiger partial charge in [0.15, 0.2) is 0 Å². The third kappa shape index (κ3) is 3.05. The fourth-order valence-electron chi connectivity index (χ4n) is 0.970. The second-order valence-corrected chi connectivity index (χ2v) is 3.14. The van der Waals surface area contributed by atoms with Gasteiger partial charge < -0.3 is 4.74 Å². The average Bonchev–Trinajstić information content (AvgIpc) is 2.35. The summed E-state index contributed by atoms with van der Waals surface area (Å²) in [7, 11) is 0. The van der Waals surface area contributed by atoms with Crippen LogP contribution in [0.1, 0.15) is 19.5 Å². The van der Waals surface area contributed by atoms with Crippen molar-refractivity contribution in [2.24, 2.45) is 0 Å². The molecule has 0 fully saturated rings. The van der Waals surface area contributed by atoms with Crippen molar-refractivity contribution in [1.82, 2.24) is 9.78 Å². The van der Waals surface area contributed by atoms with E-state index >= 15 is 0 Å². The van der Waals surface area contributed by atoms with Gasteiger partial charge in [0, 0.05) is 6.20 Å². The minimum Gasteiger partial charge on any atom is -0.377 e. The molecule has 1 aromatic heterocycles. The Morgan fingerprint density at radius 2 is 2.33 bits per heavy atom. The fraction of sp³-hybridized carbons (Fsp3) is 0.667. The van der Waals surface area contributed by atoms with Gasteiger partial charge in [-0.25, -0.2) is 0 Å². The van der Waals surface area contributed by atoms with Crippen LogP contribution in [0.4, 0.5) is 0 Å². The summed E-state index contributed by atoms with van der Waals surface area (Å²) in [5, 5.41) is 4.24. The zero-order valence-electron chi connectivity index (χ0n) is 7.95. The van der Waals surface area contributed by atoms with Gasteiger partial charge >= 0.3 is 0 Å². The van der Waals surface area contributed by atoms with Crippen molar-refractivity contribution in [3.63, 3.8) is 0 Å². The molecule has 1 rings (SSSR count). The highest BCUT2D eigenvalue weighted by atomic mass is 16.5. The molecule has 0 bridgehead atoms. The molecule has 1 heterocycles. The maximum Gasteiger partial charge on any atom is 0.0666 e. The molecule has 3 heteroatoms. The average molecular weight is 168 g/mol. The number of ether oxygens (including phenoxy) is 1. The zero-order chi connectivity index (χ0) is 8.97. The van der Waals surface area contributed by atoms with E-state index in [0.29, 0.717) is 6.10 Å². The predicted molar refractivity (Wildman–Crippen MR) is 48.1 cm³/mol. The Balaban J connectivity index is 2.24. The molecular formula is C9H16N2O. The lowest BCUT2D eigenvalue weighted by Gasteiger charge is -2.06. The van der Waals surface area contributed by atoms with Gasteiger partial charge in [-0.1, -0.05) is 0 Å². The summed E-state index contributed by atoms with van der Waals surface area (Å²) in [5.41, 5.74) is 1.06. The molecule has 0 radical (unpaired) electrons. The minimum atomic E-state index is 0.307. The summed E-state index contributed by atoms with van der Waals surface area (Å²) in [6, 6.07) is 2.00. The van der Waals surface area contributed by atoms with Crippen LogP contribution in [0.2, 0.25) is 0 Å². The molecular weight excluding hydrogens is 152 g/mol. The Morgan fingerprint density at radius 1 is 1.58 bits per heavy atom. The quantitative estimate of drug-likeness (QED) is 0.683. The minimum absolute atomic E-state index is 0.307. The van der Waals surface area contributed by atoms with Crippen molar-refractivity contribution in [3.8, 4) is 0 Å². The molecule has 3 nitrogen and oxygen atoms in total. The highest BCUT2D eigenvalue weighted by Gasteiger charge is 1.95. The van der Waals surface area contributed by atoms with Gasteiger partial charge in [-0.05, 0) is 26.8 Å². The van der Waals surface area contributed by atoms with Crippen molar-refractivity contribution in [3.05, 3.63) is 18.0 Å². The van der Waals surface area contributed by atoms with Crippen molar-refractivity contribution >= 4 is 0 Å². The fourth-order valence-corrected chi connectivity index (χ4v) is 0.970. The van der Waals surface area contributed by atoms with E-state index in [0.717, 1.165) is 18.8 Å². The molecule has 68 valence electrons. The van der Waals surface area contributed by atoms with Crippen LogP contribution in [-0.2, 0) is 11.3 Å². The van der Waals surface area contributed by atoms with Gasteiger partial charge in [-0.15, -0.1) is 0 Å². The van der Waals surface area contributed by atoms with Gasteiger partial charge in [0.05, 0.1) is 24.9 Å². The van der Waals surface area contributed by atoms with Crippen molar-refractivity contribution in [2.75, 3.05) is 6.61 Å². The van der Waals surface area contributed by atoms with Crippen LogP contribution in [-0.4, -0.2) is 22.5 Å². The molecule has 0 spiro atoms. The van der Waals surface area contributed by atoms with Crippen LogP contribution in [0.3, 0.4) is 0 Å². The van der Waals surface area contributed by atoms with Crippen LogP contribution < -0.4 is 0 Å². The number of hydrogen-bond donors (Lipinski definition) is 0. The van der Waals surface area contributed by atoms with E-state index < -0.39 is 0 Å². The Hall–Kier alpha value is -0.830. The van der Waals surface area contributed by atoms with E-state index in [1.165, 1.54) is 0 Å². The van der Waals surface area contributed by atoms with Gasteiger partial charge in [-0.2, -0.15) is 5.10 Å². The van der Waals surface area contributed by atoms with Gasteiger partial charge in [0.2, 0.25) is 0 Å². The molecule has 0 saturated carbocycles. The predicted octanol–water partition coefficient (Wildman–Crippen LogP) is 1.62. The Morgan fingerprint density at radius 3 is 2.83 bits per heavy atom. The van der Waals surface area contributed by atoms with Crippen LogP contribution >= 0.6 is 0 Å². The van der Waals surface area contributed by atoms with E-state index in [2.05, 4.69) is 5.10 Å². The van der Waals surface area contributed by atoms with E-state index in [4.69, 9.17) is 4.74 Å². The molecule has 0 amide bonds. The molecule has 0 aliphatic rings. The summed E-state index contributed by atoms with van der Waals surface area (Å²) in [5.74, 6) is 0. The smallest absolute Gasteiger partial charge is 0.0666 e.